The molecule has 0 bridgehead atoms. The Morgan fingerprint density at radius 3 is 2.45 bits per heavy atom. The number of hydrogen-bond donors (Lipinski definition) is 1. The van der Waals surface area contributed by atoms with Gasteiger partial charge in [-0.1, -0.05) is 30.3 Å². The third-order valence-corrected chi connectivity index (χ3v) is 3.60. The van der Waals surface area contributed by atoms with Crippen molar-refractivity contribution in [3.63, 3.8) is 0 Å². The van der Waals surface area contributed by atoms with E-state index in [1.54, 1.807) is 7.05 Å². The summed E-state index contributed by atoms with van der Waals surface area (Å²) in [5.74, 6) is 0.800. The van der Waals surface area contributed by atoms with E-state index in [1.165, 1.54) is 11.8 Å². The molecule has 106 valence electrons. The summed E-state index contributed by atoms with van der Waals surface area (Å²) in [5.41, 5.74) is 0.357. The number of halogens is 3. The highest BCUT2D eigenvalue weighted by Crippen LogP contribution is 2.33. The number of aromatic nitrogens is 1. The molecule has 2 nitrogen and oxygen atoms in total. The van der Waals surface area contributed by atoms with Crippen LogP contribution in [0.5, 0.6) is 0 Å². The van der Waals surface area contributed by atoms with E-state index in [4.69, 9.17) is 0 Å². The molecule has 0 atom stereocenters. The van der Waals surface area contributed by atoms with Crippen LogP contribution in [0.4, 0.5) is 19.0 Å². The van der Waals surface area contributed by atoms with Crippen LogP contribution in [0.25, 0.3) is 0 Å². The van der Waals surface area contributed by atoms with Crippen molar-refractivity contribution in [1.82, 2.24) is 4.98 Å². The van der Waals surface area contributed by atoms with Crippen molar-refractivity contribution in [2.45, 2.75) is 17.0 Å². The summed E-state index contributed by atoms with van der Waals surface area (Å²) in [6.45, 7) is 0. The first-order valence-electron chi connectivity index (χ1n) is 5.93. The number of nitrogens with zero attached hydrogens (tertiary/aromatic N) is 1. The minimum absolute atomic E-state index is 0.218. The number of pyridine rings is 1. The Hall–Kier alpha value is -1.69. The number of anilines is 1. The van der Waals surface area contributed by atoms with Crippen molar-refractivity contribution in [3.05, 3.63) is 53.6 Å². The summed E-state index contributed by atoms with van der Waals surface area (Å²) in [6.07, 6.45) is -4.36. The van der Waals surface area contributed by atoms with Gasteiger partial charge in [0.25, 0.3) is 0 Å². The molecule has 0 aliphatic carbocycles. The molecule has 0 fully saturated rings. The summed E-state index contributed by atoms with van der Waals surface area (Å²) >= 11 is 1.28. The number of hydrogen-bond acceptors (Lipinski definition) is 3. The van der Waals surface area contributed by atoms with Crippen LogP contribution in [0.3, 0.4) is 0 Å². The van der Waals surface area contributed by atoms with Crippen LogP contribution in [0.2, 0.25) is 0 Å². The Morgan fingerprint density at radius 2 is 1.85 bits per heavy atom. The van der Waals surface area contributed by atoms with E-state index in [1.807, 2.05) is 30.3 Å². The zero-order chi connectivity index (χ0) is 14.6. The lowest BCUT2D eigenvalue weighted by atomic mass is 10.2. The maximum absolute atomic E-state index is 12.8. The van der Waals surface area contributed by atoms with E-state index in [9.17, 15) is 13.2 Å². The molecular formula is C14H13F3N2S. The lowest BCUT2D eigenvalue weighted by molar-refractivity contribution is -0.137. The van der Waals surface area contributed by atoms with Gasteiger partial charge in [0.2, 0.25) is 0 Å². The van der Waals surface area contributed by atoms with E-state index in [0.29, 0.717) is 10.8 Å². The van der Waals surface area contributed by atoms with Gasteiger partial charge < -0.3 is 5.32 Å². The summed E-state index contributed by atoms with van der Waals surface area (Å²) < 4.78 is 38.3. The first-order chi connectivity index (χ1) is 9.49. The summed E-state index contributed by atoms with van der Waals surface area (Å²) in [7, 11) is 1.55. The fourth-order valence-corrected chi connectivity index (χ4v) is 2.48. The molecular weight excluding hydrogens is 285 g/mol. The Balaban J connectivity index is 2.19. The van der Waals surface area contributed by atoms with Gasteiger partial charge in [0.1, 0.15) is 5.82 Å². The lowest BCUT2D eigenvalue weighted by Gasteiger charge is -2.11. The molecule has 1 N–H and O–H groups in total. The highest BCUT2D eigenvalue weighted by atomic mass is 32.2. The van der Waals surface area contributed by atoms with Gasteiger partial charge in [-0.15, -0.1) is 11.8 Å². The fourth-order valence-electron chi connectivity index (χ4n) is 1.60. The van der Waals surface area contributed by atoms with Crippen molar-refractivity contribution in [1.29, 1.82) is 0 Å². The normalized spacial score (nSPS) is 11.4. The smallest absolute Gasteiger partial charge is 0.373 e. The Bertz CT molecular complexity index is 570. The van der Waals surface area contributed by atoms with Crippen molar-refractivity contribution in [2.24, 2.45) is 0 Å². The maximum atomic E-state index is 12.8. The molecule has 1 aromatic carbocycles. The van der Waals surface area contributed by atoms with Crippen molar-refractivity contribution < 1.29 is 13.2 Å². The summed E-state index contributed by atoms with van der Waals surface area (Å²) in [4.78, 5) is 4.13. The lowest BCUT2D eigenvalue weighted by Crippen LogP contribution is -2.07. The minimum Gasteiger partial charge on any atom is -0.373 e. The molecule has 0 saturated carbocycles. The molecule has 0 unspecified atom stereocenters. The van der Waals surface area contributed by atoms with Crippen LogP contribution < -0.4 is 5.32 Å². The summed E-state index contributed by atoms with van der Waals surface area (Å²) in [6, 6.07) is 11.6. The second-order valence-corrected chi connectivity index (χ2v) is 5.10. The van der Waals surface area contributed by atoms with Crippen molar-refractivity contribution >= 4 is 17.6 Å². The van der Waals surface area contributed by atoms with Gasteiger partial charge >= 0.3 is 6.18 Å². The maximum Gasteiger partial charge on any atom is 0.416 e. The third kappa shape index (κ3) is 3.90. The Morgan fingerprint density at radius 1 is 1.15 bits per heavy atom. The van der Waals surface area contributed by atoms with E-state index < -0.39 is 11.7 Å². The second-order valence-electron chi connectivity index (χ2n) is 4.10. The molecule has 0 spiro atoms. The van der Waals surface area contributed by atoms with Gasteiger partial charge in [-0.2, -0.15) is 13.2 Å². The average molecular weight is 298 g/mol. The van der Waals surface area contributed by atoms with Gasteiger partial charge in [-0.25, -0.2) is 4.98 Å². The van der Waals surface area contributed by atoms with Gasteiger partial charge in [0.15, 0.2) is 0 Å². The number of thioether (sulfide) groups is 1. The molecule has 2 rings (SSSR count). The van der Waals surface area contributed by atoms with Gasteiger partial charge in [-0.05, 0) is 17.7 Å². The first kappa shape index (κ1) is 14.7. The van der Waals surface area contributed by atoms with Crippen LogP contribution in [-0.4, -0.2) is 12.0 Å². The number of rotatable bonds is 4. The van der Waals surface area contributed by atoms with Crippen LogP contribution in [0, 0.1) is 0 Å². The minimum atomic E-state index is -4.36. The molecule has 0 aliphatic heterocycles. The highest BCUT2D eigenvalue weighted by molar-refractivity contribution is 7.98. The molecule has 0 saturated heterocycles. The van der Waals surface area contributed by atoms with Gasteiger partial charge in [-0.3, -0.25) is 0 Å². The SMILES string of the molecule is CNc1cc(C(F)(F)F)cc(SCc2ccccc2)n1. The predicted octanol–water partition coefficient (Wildman–Crippen LogP) is 4.43. The van der Waals surface area contributed by atoms with Crippen molar-refractivity contribution in [2.75, 3.05) is 12.4 Å². The molecule has 0 aliphatic rings. The zero-order valence-corrected chi connectivity index (χ0v) is 11.6. The van der Waals surface area contributed by atoms with Crippen LogP contribution >= 0.6 is 11.8 Å². The van der Waals surface area contributed by atoms with E-state index in [-0.39, 0.29) is 5.82 Å². The van der Waals surface area contributed by atoms with E-state index in [0.717, 1.165) is 17.7 Å². The highest BCUT2D eigenvalue weighted by Gasteiger charge is 2.31. The number of alkyl halides is 3. The molecule has 1 heterocycles. The molecule has 0 amide bonds. The first-order valence-corrected chi connectivity index (χ1v) is 6.91. The number of nitrogens with one attached hydrogen (secondary N) is 1. The van der Waals surface area contributed by atoms with E-state index in [2.05, 4.69) is 10.3 Å². The third-order valence-electron chi connectivity index (χ3n) is 2.61. The second kappa shape index (κ2) is 6.17. The standard InChI is InChI=1S/C14H13F3N2S/c1-18-12-7-11(14(15,16)17)8-13(19-12)20-9-10-5-3-2-4-6-10/h2-8H,9H2,1H3,(H,18,19). The predicted molar refractivity (Wildman–Crippen MR) is 74.8 cm³/mol. The van der Waals surface area contributed by atoms with E-state index >= 15 is 0 Å². The largest absolute Gasteiger partial charge is 0.416 e. The fraction of sp³-hybridized carbons (Fsp3) is 0.214. The molecule has 0 radical (unpaired) electrons. The quantitative estimate of drug-likeness (QED) is 0.845. The van der Waals surface area contributed by atoms with Crippen LogP contribution in [0.1, 0.15) is 11.1 Å². The Kier molecular flexibility index (Phi) is 4.54. The van der Waals surface area contributed by atoms with Crippen LogP contribution in [-0.2, 0) is 11.9 Å². The van der Waals surface area contributed by atoms with Gasteiger partial charge in [0.05, 0.1) is 10.6 Å². The monoisotopic (exact) mass is 298 g/mol. The zero-order valence-electron chi connectivity index (χ0n) is 10.7. The molecule has 6 heteroatoms. The van der Waals surface area contributed by atoms with Crippen LogP contribution in [0.15, 0.2) is 47.5 Å². The van der Waals surface area contributed by atoms with Gasteiger partial charge in [0, 0.05) is 12.8 Å². The average Bonchev–Trinajstić information content (AvgIpc) is 2.45. The molecule has 1 aromatic heterocycles. The molecule has 20 heavy (non-hydrogen) atoms. The topological polar surface area (TPSA) is 24.9 Å². The number of benzene rings is 1. The molecule has 2 aromatic rings. The van der Waals surface area contributed by atoms with Crippen molar-refractivity contribution in [3.8, 4) is 0 Å². The Labute approximate surface area is 119 Å². The summed E-state index contributed by atoms with van der Waals surface area (Å²) in [5, 5.41) is 3.01.